The lowest BCUT2D eigenvalue weighted by atomic mass is 10.1. The molecule has 0 spiro atoms. The van der Waals surface area contributed by atoms with Gasteiger partial charge in [-0.2, -0.15) is 13.2 Å². The third kappa shape index (κ3) is 2.39. The van der Waals surface area contributed by atoms with Crippen molar-refractivity contribution in [3.8, 4) is 0 Å². The van der Waals surface area contributed by atoms with Gasteiger partial charge in [-0.05, 0) is 25.0 Å². The fraction of sp³-hybridized carbons (Fsp3) is 0.455. The minimum atomic E-state index is -4.48. The standard InChI is InChI=1S/C11H11F3N2O2/c12-11(13,14)8-3-4-9(16(17)18)10(7-8)15-5-1-2-6-15/h3-4,7H,1-2,5-6H2. The number of anilines is 1. The maximum Gasteiger partial charge on any atom is 0.416 e. The Morgan fingerprint density at radius 1 is 1.22 bits per heavy atom. The molecule has 1 aliphatic heterocycles. The van der Waals surface area contributed by atoms with E-state index in [9.17, 15) is 23.3 Å². The van der Waals surface area contributed by atoms with E-state index in [4.69, 9.17) is 0 Å². The van der Waals surface area contributed by atoms with Crippen LogP contribution in [0, 0.1) is 10.1 Å². The second-order valence-corrected chi connectivity index (χ2v) is 4.15. The number of hydrogen-bond acceptors (Lipinski definition) is 3. The topological polar surface area (TPSA) is 46.4 Å². The number of nitro groups is 1. The SMILES string of the molecule is O=[N+]([O-])c1ccc(C(F)(F)F)cc1N1CCCC1. The van der Waals surface area contributed by atoms with Crippen LogP contribution in [-0.4, -0.2) is 18.0 Å². The summed E-state index contributed by atoms with van der Waals surface area (Å²) in [5, 5.41) is 10.8. The van der Waals surface area contributed by atoms with E-state index in [2.05, 4.69) is 0 Å². The van der Waals surface area contributed by atoms with Crippen LogP contribution in [0.2, 0.25) is 0 Å². The third-order valence-electron chi connectivity index (χ3n) is 2.95. The average molecular weight is 260 g/mol. The molecule has 0 atom stereocenters. The highest BCUT2D eigenvalue weighted by Gasteiger charge is 2.33. The minimum absolute atomic E-state index is 0.0623. The van der Waals surface area contributed by atoms with Gasteiger partial charge < -0.3 is 4.90 Å². The van der Waals surface area contributed by atoms with Crippen LogP contribution < -0.4 is 4.90 Å². The quantitative estimate of drug-likeness (QED) is 0.606. The largest absolute Gasteiger partial charge is 0.416 e. The highest BCUT2D eigenvalue weighted by atomic mass is 19.4. The fourth-order valence-electron chi connectivity index (χ4n) is 2.07. The Kier molecular flexibility index (Phi) is 3.14. The number of halogens is 3. The normalized spacial score (nSPS) is 16.1. The van der Waals surface area contributed by atoms with Crippen molar-refractivity contribution in [1.82, 2.24) is 0 Å². The predicted octanol–water partition coefficient (Wildman–Crippen LogP) is 3.21. The molecule has 0 aliphatic carbocycles. The van der Waals surface area contributed by atoms with E-state index >= 15 is 0 Å². The van der Waals surface area contributed by atoms with Gasteiger partial charge in [0.25, 0.3) is 5.69 Å². The molecule has 7 heteroatoms. The van der Waals surface area contributed by atoms with Crippen LogP contribution in [-0.2, 0) is 6.18 Å². The molecule has 0 radical (unpaired) electrons. The van der Waals surface area contributed by atoms with Crippen molar-refractivity contribution in [2.45, 2.75) is 19.0 Å². The van der Waals surface area contributed by atoms with Crippen molar-refractivity contribution in [3.05, 3.63) is 33.9 Å². The highest BCUT2D eigenvalue weighted by molar-refractivity contribution is 5.65. The lowest BCUT2D eigenvalue weighted by molar-refractivity contribution is -0.384. The van der Waals surface area contributed by atoms with Crippen LogP contribution in [0.25, 0.3) is 0 Å². The van der Waals surface area contributed by atoms with Gasteiger partial charge in [0.15, 0.2) is 0 Å². The van der Waals surface area contributed by atoms with Gasteiger partial charge in [0.05, 0.1) is 10.5 Å². The maximum absolute atomic E-state index is 12.6. The number of alkyl halides is 3. The summed E-state index contributed by atoms with van der Waals surface area (Å²) in [6.07, 6.45) is -2.80. The van der Waals surface area contributed by atoms with Gasteiger partial charge in [0.2, 0.25) is 0 Å². The van der Waals surface area contributed by atoms with Gasteiger partial charge in [-0.25, -0.2) is 0 Å². The fourth-order valence-corrected chi connectivity index (χ4v) is 2.07. The average Bonchev–Trinajstić information content (AvgIpc) is 2.80. The van der Waals surface area contributed by atoms with Crippen molar-refractivity contribution in [1.29, 1.82) is 0 Å². The van der Waals surface area contributed by atoms with E-state index < -0.39 is 16.7 Å². The first-order chi connectivity index (χ1) is 8.39. The van der Waals surface area contributed by atoms with Crippen LogP contribution in [0.3, 0.4) is 0 Å². The second kappa shape index (κ2) is 4.47. The maximum atomic E-state index is 12.6. The first-order valence-corrected chi connectivity index (χ1v) is 5.50. The van der Waals surface area contributed by atoms with Crippen molar-refractivity contribution in [2.75, 3.05) is 18.0 Å². The first-order valence-electron chi connectivity index (χ1n) is 5.50. The lowest BCUT2D eigenvalue weighted by Gasteiger charge is -2.19. The molecule has 98 valence electrons. The highest BCUT2D eigenvalue weighted by Crippen LogP contribution is 2.37. The summed E-state index contributed by atoms with van der Waals surface area (Å²) in [5.41, 5.74) is -1.06. The molecule has 0 aromatic heterocycles. The van der Waals surface area contributed by atoms with Gasteiger partial charge in [-0.3, -0.25) is 10.1 Å². The van der Waals surface area contributed by atoms with E-state index in [-0.39, 0.29) is 11.4 Å². The van der Waals surface area contributed by atoms with E-state index in [0.29, 0.717) is 13.1 Å². The van der Waals surface area contributed by atoms with E-state index in [1.807, 2.05) is 0 Å². The zero-order valence-electron chi connectivity index (χ0n) is 9.41. The summed E-state index contributed by atoms with van der Waals surface area (Å²) in [6.45, 7) is 1.12. The summed E-state index contributed by atoms with van der Waals surface area (Å²) in [5.74, 6) is 0. The molecule has 1 saturated heterocycles. The second-order valence-electron chi connectivity index (χ2n) is 4.15. The number of hydrogen-bond donors (Lipinski definition) is 0. The Morgan fingerprint density at radius 2 is 1.83 bits per heavy atom. The Labute approximate surface area is 101 Å². The molecule has 1 heterocycles. The molecule has 1 aromatic carbocycles. The molecule has 18 heavy (non-hydrogen) atoms. The van der Waals surface area contributed by atoms with E-state index in [0.717, 1.165) is 31.0 Å². The monoisotopic (exact) mass is 260 g/mol. The Hall–Kier alpha value is -1.79. The predicted molar refractivity (Wildman–Crippen MR) is 59.5 cm³/mol. The molecular formula is C11H11F3N2O2. The van der Waals surface area contributed by atoms with Gasteiger partial charge in [0, 0.05) is 19.2 Å². The van der Waals surface area contributed by atoms with Crippen LogP contribution in [0.4, 0.5) is 24.5 Å². The molecule has 0 saturated carbocycles. The first kappa shape index (κ1) is 12.7. The number of nitro benzene ring substituents is 1. The molecule has 1 aromatic rings. The summed E-state index contributed by atoms with van der Waals surface area (Å²) < 4.78 is 37.8. The smallest absolute Gasteiger partial charge is 0.366 e. The third-order valence-corrected chi connectivity index (χ3v) is 2.95. The number of nitrogens with zero attached hydrogens (tertiary/aromatic N) is 2. The number of benzene rings is 1. The summed E-state index contributed by atoms with van der Waals surface area (Å²) in [7, 11) is 0. The van der Waals surface area contributed by atoms with E-state index in [1.165, 1.54) is 0 Å². The molecule has 1 fully saturated rings. The van der Waals surface area contributed by atoms with Crippen LogP contribution in [0.15, 0.2) is 18.2 Å². The zero-order chi connectivity index (χ0) is 13.3. The van der Waals surface area contributed by atoms with Crippen molar-refractivity contribution >= 4 is 11.4 Å². The van der Waals surface area contributed by atoms with Crippen LogP contribution in [0.5, 0.6) is 0 Å². The van der Waals surface area contributed by atoms with Crippen molar-refractivity contribution in [3.63, 3.8) is 0 Å². The summed E-state index contributed by atoms with van der Waals surface area (Å²) in [4.78, 5) is 11.8. The number of rotatable bonds is 2. The Morgan fingerprint density at radius 3 is 2.33 bits per heavy atom. The zero-order valence-corrected chi connectivity index (χ0v) is 9.41. The molecule has 4 nitrogen and oxygen atoms in total. The van der Waals surface area contributed by atoms with Gasteiger partial charge in [-0.15, -0.1) is 0 Å². The molecule has 0 amide bonds. The van der Waals surface area contributed by atoms with Crippen LogP contribution >= 0.6 is 0 Å². The summed E-state index contributed by atoms with van der Waals surface area (Å²) >= 11 is 0. The molecule has 1 aliphatic rings. The lowest BCUT2D eigenvalue weighted by Crippen LogP contribution is -2.20. The molecular weight excluding hydrogens is 249 g/mol. The van der Waals surface area contributed by atoms with Crippen molar-refractivity contribution < 1.29 is 18.1 Å². The molecule has 0 unspecified atom stereocenters. The summed E-state index contributed by atoms with van der Waals surface area (Å²) in [6, 6.07) is 2.54. The Bertz CT molecular complexity index is 468. The van der Waals surface area contributed by atoms with Gasteiger partial charge in [-0.1, -0.05) is 0 Å². The minimum Gasteiger partial charge on any atom is -0.366 e. The molecule has 0 bridgehead atoms. The van der Waals surface area contributed by atoms with E-state index in [1.54, 1.807) is 4.90 Å². The van der Waals surface area contributed by atoms with Gasteiger partial charge >= 0.3 is 6.18 Å². The van der Waals surface area contributed by atoms with Crippen molar-refractivity contribution in [2.24, 2.45) is 0 Å². The van der Waals surface area contributed by atoms with Gasteiger partial charge in [0.1, 0.15) is 5.69 Å². The molecule has 0 N–H and O–H groups in total. The molecule has 2 rings (SSSR count). The Balaban J connectivity index is 2.47. The van der Waals surface area contributed by atoms with Crippen LogP contribution in [0.1, 0.15) is 18.4 Å².